The van der Waals surface area contributed by atoms with Crippen LogP contribution in [0.25, 0.3) is 0 Å². The number of aromatic nitrogens is 3. The summed E-state index contributed by atoms with van der Waals surface area (Å²) in [6, 6.07) is 0. The molecule has 0 bridgehead atoms. The number of hydrogen-bond acceptors (Lipinski definition) is 4. The average molecular weight is 435 g/mol. The SMILES string of the molecule is CN=C(NCc1ncnn1C)NCC(C)(C)N1CCCCC1.I. The van der Waals surface area contributed by atoms with E-state index in [1.807, 2.05) is 7.05 Å². The van der Waals surface area contributed by atoms with Crippen LogP contribution in [-0.2, 0) is 13.6 Å². The van der Waals surface area contributed by atoms with E-state index in [2.05, 4.69) is 44.5 Å². The molecule has 1 fully saturated rings. The highest BCUT2D eigenvalue weighted by Gasteiger charge is 2.27. The molecule has 2 heterocycles. The number of aryl methyl sites for hydroxylation is 1. The zero-order valence-electron chi connectivity index (χ0n) is 14.7. The van der Waals surface area contributed by atoms with E-state index in [-0.39, 0.29) is 29.5 Å². The van der Waals surface area contributed by atoms with Crippen LogP contribution in [0.1, 0.15) is 38.9 Å². The van der Waals surface area contributed by atoms with Gasteiger partial charge in [-0.1, -0.05) is 6.42 Å². The molecule has 1 aromatic rings. The number of guanidine groups is 1. The lowest BCUT2D eigenvalue weighted by Crippen LogP contribution is -2.54. The van der Waals surface area contributed by atoms with Crippen LogP contribution < -0.4 is 10.6 Å². The van der Waals surface area contributed by atoms with E-state index in [9.17, 15) is 0 Å². The first kappa shape index (κ1) is 20.1. The number of hydrogen-bond donors (Lipinski definition) is 2. The van der Waals surface area contributed by atoms with E-state index in [0.29, 0.717) is 6.54 Å². The molecule has 1 aromatic heterocycles. The molecule has 1 saturated heterocycles. The van der Waals surface area contributed by atoms with E-state index < -0.39 is 0 Å². The second-order valence-electron chi connectivity index (χ2n) is 6.44. The molecule has 0 amide bonds. The quantitative estimate of drug-likeness (QED) is 0.415. The fourth-order valence-electron chi connectivity index (χ4n) is 2.77. The van der Waals surface area contributed by atoms with E-state index in [1.165, 1.54) is 32.4 Å². The Hall–Kier alpha value is -0.900. The molecule has 2 rings (SSSR count). The third-order valence-electron chi connectivity index (χ3n) is 4.34. The van der Waals surface area contributed by atoms with Gasteiger partial charge in [0, 0.05) is 26.2 Å². The Labute approximate surface area is 156 Å². The Morgan fingerprint density at radius 3 is 2.52 bits per heavy atom. The maximum atomic E-state index is 4.28. The lowest BCUT2D eigenvalue weighted by molar-refractivity contribution is 0.0982. The van der Waals surface area contributed by atoms with Crippen LogP contribution in [0.2, 0.25) is 0 Å². The fourth-order valence-corrected chi connectivity index (χ4v) is 2.77. The summed E-state index contributed by atoms with van der Waals surface area (Å²) in [6.45, 7) is 8.45. The van der Waals surface area contributed by atoms with Crippen molar-refractivity contribution in [3.8, 4) is 0 Å². The summed E-state index contributed by atoms with van der Waals surface area (Å²) >= 11 is 0. The highest BCUT2D eigenvalue weighted by atomic mass is 127. The molecule has 2 N–H and O–H groups in total. The van der Waals surface area contributed by atoms with Crippen molar-refractivity contribution in [3.05, 3.63) is 12.2 Å². The van der Waals surface area contributed by atoms with E-state index in [4.69, 9.17) is 0 Å². The third kappa shape index (κ3) is 5.91. The number of halogens is 1. The van der Waals surface area contributed by atoms with Crippen LogP contribution in [0, 0.1) is 0 Å². The first-order valence-electron chi connectivity index (χ1n) is 8.05. The predicted octanol–water partition coefficient (Wildman–Crippen LogP) is 1.36. The van der Waals surface area contributed by atoms with Crippen molar-refractivity contribution in [3.63, 3.8) is 0 Å². The molecule has 0 atom stereocenters. The number of nitrogens with zero attached hydrogens (tertiary/aromatic N) is 5. The average Bonchev–Trinajstić information content (AvgIpc) is 2.93. The molecular formula is C15H30IN7. The van der Waals surface area contributed by atoms with Crippen LogP contribution in [0.5, 0.6) is 0 Å². The van der Waals surface area contributed by atoms with Gasteiger partial charge in [0.25, 0.3) is 0 Å². The van der Waals surface area contributed by atoms with Gasteiger partial charge in [-0.2, -0.15) is 5.10 Å². The maximum absolute atomic E-state index is 4.28. The highest BCUT2D eigenvalue weighted by Crippen LogP contribution is 2.19. The number of rotatable bonds is 5. The molecule has 132 valence electrons. The lowest BCUT2D eigenvalue weighted by Gasteiger charge is -2.41. The Balaban J connectivity index is 0.00000264. The van der Waals surface area contributed by atoms with Crippen LogP contribution in [0.4, 0.5) is 0 Å². The van der Waals surface area contributed by atoms with Crippen LogP contribution in [0.3, 0.4) is 0 Å². The molecule has 1 aliphatic heterocycles. The molecule has 1 aliphatic rings. The number of piperidine rings is 1. The first-order valence-corrected chi connectivity index (χ1v) is 8.05. The van der Waals surface area contributed by atoms with Gasteiger partial charge < -0.3 is 10.6 Å². The van der Waals surface area contributed by atoms with Crippen molar-refractivity contribution >= 4 is 29.9 Å². The Kier molecular flexibility index (Phi) is 8.24. The van der Waals surface area contributed by atoms with E-state index in [0.717, 1.165) is 18.3 Å². The van der Waals surface area contributed by atoms with Gasteiger partial charge >= 0.3 is 0 Å². The molecule has 0 unspecified atom stereocenters. The topological polar surface area (TPSA) is 70.4 Å². The Morgan fingerprint density at radius 2 is 1.96 bits per heavy atom. The van der Waals surface area contributed by atoms with Crippen LogP contribution in [-0.4, -0.2) is 57.8 Å². The fraction of sp³-hybridized carbons (Fsp3) is 0.800. The minimum atomic E-state index is 0. The molecular weight excluding hydrogens is 405 g/mol. The number of aliphatic imine (C=N–C) groups is 1. The Bertz CT molecular complexity index is 492. The van der Waals surface area contributed by atoms with Gasteiger partial charge in [-0.15, -0.1) is 24.0 Å². The Morgan fingerprint density at radius 1 is 1.26 bits per heavy atom. The summed E-state index contributed by atoms with van der Waals surface area (Å²) in [5, 5.41) is 10.8. The molecule has 0 aliphatic carbocycles. The molecule has 8 heteroatoms. The van der Waals surface area contributed by atoms with Gasteiger partial charge in [-0.25, -0.2) is 4.98 Å². The normalized spacial score (nSPS) is 16.8. The summed E-state index contributed by atoms with van der Waals surface area (Å²) in [7, 11) is 3.68. The van der Waals surface area contributed by atoms with Gasteiger partial charge in [0.15, 0.2) is 5.96 Å². The van der Waals surface area contributed by atoms with Crippen LogP contribution >= 0.6 is 24.0 Å². The van der Waals surface area contributed by atoms with Crippen LogP contribution in [0.15, 0.2) is 11.3 Å². The number of nitrogens with one attached hydrogen (secondary N) is 2. The van der Waals surface area contributed by atoms with E-state index in [1.54, 1.807) is 18.1 Å². The van der Waals surface area contributed by atoms with E-state index >= 15 is 0 Å². The van der Waals surface area contributed by atoms with Crippen molar-refractivity contribution in [2.45, 2.75) is 45.2 Å². The summed E-state index contributed by atoms with van der Waals surface area (Å²) in [4.78, 5) is 11.1. The second kappa shape index (κ2) is 9.41. The standard InChI is InChI=1S/C15H29N7.HI/c1-15(2,22-8-6-5-7-9-22)11-18-14(16-3)17-10-13-19-12-20-21(13)4;/h12H,5-11H2,1-4H3,(H2,16,17,18);1H. The number of likely N-dealkylation sites (tertiary alicyclic amines) is 1. The van der Waals surface area contributed by atoms with Crippen molar-refractivity contribution in [2.24, 2.45) is 12.0 Å². The summed E-state index contributed by atoms with van der Waals surface area (Å²) in [5.41, 5.74) is 0.128. The van der Waals surface area contributed by atoms with Gasteiger partial charge in [0.2, 0.25) is 0 Å². The molecule has 0 spiro atoms. The molecule has 0 radical (unpaired) electrons. The first-order chi connectivity index (χ1) is 10.5. The summed E-state index contributed by atoms with van der Waals surface area (Å²) < 4.78 is 1.76. The lowest BCUT2D eigenvalue weighted by atomic mass is 9.98. The zero-order chi connectivity index (χ0) is 16.0. The monoisotopic (exact) mass is 435 g/mol. The van der Waals surface area contributed by atoms with Gasteiger partial charge in [-0.3, -0.25) is 14.6 Å². The second-order valence-corrected chi connectivity index (χ2v) is 6.44. The minimum Gasteiger partial charge on any atom is -0.355 e. The summed E-state index contributed by atoms with van der Waals surface area (Å²) in [5.74, 6) is 1.69. The van der Waals surface area contributed by atoms with Crippen molar-refractivity contribution in [1.29, 1.82) is 0 Å². The zero-order valence-corrected chi connectivity index (χ0v) is 17.0. The highest BCUT2D eigenvalue weighted by molar-refractivity contribution is 14.0. The van der Waals surface area contributed by atoms with Gasteiger partial charge in [0.05, 0.1) is 6.54 Å². The van der Waals surface area contributed by atoms with Gasteiger partial charge in [-0.05, 0) is 39.8 Å². The smallest absolute Gasteiger partial charge is 0.191 e. The molecule has 0 saturated carbocycles. The molecule has 7 nitrogen and oxygen atoms in total. The largest absolute Gasteiger partial charge is 0.355 e. The van der Waals surface area contributed by atoms with Gasteiger partial charge in [0.1, 0.15) is 12.2 Å². The summed E-state index contributed by atoms with van der Waals surface area (Å²) in [6.07, 6.45) is 5.54. The molecule has 0 aromatic carbocycles. The predicted molar refractivity (Wildman–Crippen MR) is 104 cm³/mol. The van der Waals surface area contributed by atoms with Crippen molar-refractivity contribution in [1.82, 2.24) is 30.3 Å². The molecule has 23 heavy (non-hydrogen) atoms. The van der Waals surface area contributed by atoms with Crippen molar-refractivity contribution in [2.75, 3.05) is 26.7 Å². The third-order valence-corrected chi connectivity index (χ3v) is 4.34. The minimum absolute atomic E-state index is 0. The maximum Gasteiger partial charge on any atom is 0.191 e. The van der Waals surface area contributed by atoms with Crippen molar-refractivity contribution < 1.29 is 0 Å².